The Balaban J connectivity index is 1.67. The first-order chi connectivity index (χ1) is 20.1. The zero-order valence-electron chi connectivity index (χ0n) is 25.2. The number of anilines is 1. The number of hydrogen-bond donors (Lipinski definition) is 3. The number of likely N-dealkylation sites (N-methyl/N-ethyl adjacent to an activating group) is 1. The highest BCUT2D eigenvalue weighted by Gasteiger charge is 2.69. The number of phenols is 1. The van der Waals surface area contributed by atoms with E-state index < -0.39 is 64.4 Å². The summed E-state index contributed by atoms with van der Waals surface area (Å²) in [7, 11) is 10.7. The summed E-state index contributed by atoms with van der Waals surface area (Å²) in [5, 5.41) is 23.4. The molecule has 2 aromatic carbocycles. The lowest BCUT2D eigenvalue weighted by atomic mass is 9.52. The number of carbonyl (C=O) groups is 5. The number of phenolic OH excluding ortho intramolecular Hbond substituents is 1. The molecule has 0 aliphatic heterocycles. The molecule has 11 nitrogen and oxygen atoms in total. The quantitative estimate of drug-likeness (QED) is 0.408. The highest BCUT2D eigenvalue weighted by molar-refractivity contribution is 6.32. The van der Waals surface area contributed by atoms with E-state index in [9.17, 15) is 34.2 Å². The molecule has 4 N–H and O–H groups in total. The Labute approximate surface area is 250 Å². The molecule has 3 aliphatic carbocycles. The third-order valence-corrected chi connectivity index (χ3v) is 9.26. The molecule has 0 radical (unpaired) electrons. The zero-order valence-corrected chi connectivity index (χ0v) is 25.2. The Hall–Kier alpha value is -3.93. The molecule has 2 fully saturated rings. The number of rotatable bonds is 6. The van der Waals surface area contributed by atoms with Gasteiger partial charge in [0.2, 0.25) is 5.91 Å². The molecule has 2 aromatic rings. The minimum absolute atomic E-state index is 0.00581. The van der Waals surface area contributed by atoms with Gasteiger partial charge in [0.25, 0.3) is 0 Å². The van der Waals surface area contributed by atoms with Crippen LogP contribution in [0.3, 0.4) is 0 Å². The molecule has 0 saturated heterocycles. The number of carbonyl (C=O) groups excluding carboxylic acids is 5. The van der Waals surface area contributed by atoms with Crippen LogP contribution in [-0.4, -0.2) is 103 Å². The van der Waals surface area contributed by atoms with E-state index in [1.807, 2.05) is 68.3 Å². The Bertz CT molecular complexity index is 1560. The third kappa shape index (κ3) is 4.57. The molecule has 43 heavy (non-hydrogen) atoms. The number of aromatic hydroxyl groups is 1. The van der Waals surface area contributed by atoms with E-state index in [4.69, 9.17) is 5.73 Å². The standard InChI is InChI=1S/C32H38N4O7/c1-34(2)14-15-8-7-9-16(10-15)18-13-21(35(3)4)19-11-17-12-20-25(36(5)6)28(39)24(31(33)42)30(41)32(20,43)29(40)22(17)27(38)23(19)26(18)37/h7-10,13,17,20,22,24-25,37,43H,11-12,14H2,1-6H3,(H2,33,42). The second kappa shape index (κ2) is 10.7. The fourth-order valence-electron chi connectivity index (χ4n) is 7.47. The monoisotopic (exact) mass is 590 g/mol. The number of amides is 1. The molecule has 1 amide bonds. The number of aliphatic hydroxyl groups is 1. The highest BCUT2D eigenvalue weighted by Crippen LogP contribution is 2.53. The fraction of sp³-hybridized carbons (Fsp3) is 0.469. The van der Waals surface area contributed by atoms with Crippen LogP contribution in [0.4, 0.5) is 5.69 Å². The number of benzene rings is 2. The van der Waals surface area contributed by atoms with Crippen LogP contribution in [0.2, 0.25) is 0 Å². The number of fused-ring (bicyclic) bond motifs is 3. The van der Waals surface area contributed by atoms with Crippen molar-refractivity contribution in [3.8, 4) is 16.9 Å². The molecule has 6 unspecified atom stereocenters. The van der Waals surface area contributed by atoms with Crippen LogP contribution in [0.5, 0.6) is 5.75 Å². The molecule has 0 bridgehead atoms. The smallest absolute Gasteiger partial charge is 0.235 e. The summed E-state index contributed by atoms with van der Waals surface area (Å²) in [6, 6.07) is 8.28. The molecule has 0 heterocycles. The van der Waals surface area contributed by atoms with Gasteiger partial charge in [0.1, 0.15) is 5.75 Å². The summed E-state index contributed by atoms with van der Waals surface area (Å²) in [4.78, 5) is 72.8. The number of ketones is 4. The van der Waals surface area contributed by atoms with Crippen molar-refractivity contribution in [2.24, 2.45) is 29.4 Å². The minimum Gasteiger partial charge on any atom is -0.507 e. The first-order valence-corrected chi connectivity index (χ1v) is 14.3. The Morgan fingerprint density at radius 1 is 1.02 bits per heavy atom. The molecule has 2 saturated carbocycles. The summed E-state index contributed by atoms with van der Waals surface area (Å²) in [6.45, 7) is 0.661. The van der Waals surface area contributed by atoms with E-state index in [1.165, 1.54) is 4.90 Å². The molecule has 5 rings (SSSR count). The highest BCUT2D eigenvalue weighted by atomic mass is 16.3. The molecule has 0 aromatic heterocycles. The van der Waals surface area contributed by atoms with Gasteiger partial charge in [0.05, 0.1) is 17.5 Å². The summed E-state index contributed by atoms with van der Waals surface area (Å²) in [5.41, 5.74) is 5.97. The van der Waals surface area contributed by atoms with Gasteiger partial charge >= 0.3 is 0 Å². The van der Waals surface area contributed by atoms with Crippen molar-refractivity contribution in [2.75, 3.05) is 47.2 Å². The second-order valence-electron chi connectivity index (χ2n) is 12.8. The molecular formula is C32H38N4O7. The molecule has 228 valence electrons. The van der Waals surface area contributed by atoms with Crippen molar-refractivity contribution in [2.45, 2.75) is 31.0 Å². The topological polar surface area (TPSA) is 162 Å². The van der Waals surface area contributed by atoms with Gasteiger partial charge in [-0.3, -0.25) is 28.9 Å². The first-order valence-electron chi connectivity index (χ1n) is 14.3. The fourth-order valence-corrected chi connectivity index (χ4v) is 7.47. The summed E-state index contributed by atoms with van der Waals surface area (Å²) in [5.74, 6) is -10.6. The van der Waals surface area contributed by atoms with Crippen LogP contribution in [0.1, 0.15) is 27.9 Å². The van der Waals surface area contributed by atoms with Crippen LogP contribution < -0.4 is 10.6 Å². The molecule has 11 heteroatoms. The maximum atomic E-state index is 14.3. The van der Waals surface area contributed by atoms with Gasteiger partial charge < -0.3 is 25.7 Å². The number of hydrogen-bond acceptors (Lipinski definition) is 10. The van der Waals surface area contributed by atoms with Gasteiger partial charge in [-0.2, -0.15) is 0 Å². The van der Waals surface area contributed by atoms with Crippen molar-refractivity contribution >= 4 is 34.7 Å². The number of nitrogens with two attached hydrogens (primary N) is 1. The SMILES string of the molecule is CN(C)Cc1cccc(-c2cc(N(C)C)c3c(c2O)C(=O)C2C(=O)C4(O)C(=O)C(C(N)=O)C(=O)C(N(C)C)C4CC2C3)c1. The van der Waals surface area contributed by atoms with Gasteiger partial charge in [-0.05, 0) is 75.8 Å². The van der Waals surface area contributed by atoms with Gasteiger partial charge in [-0.15, -0.1) is 0 Å². The largest absolute Gasteiger partial charge is 0.507 e. The van der Waals surface area contributed by atoms with Gasteiger partial charge in [0.15, 0.2) is 34.7 Å². The average Bonchev–Trinajstić information content (AvgIpc) is 2.90. The predicted molar refractivity (Wildman–Crippen MR) is 159 cm³/mol. The van der Waals surface area contributed by atoms with Crippen molar-refractivity contribution in [1.82, 2.24) is 9.80 Å². The Morgan fingerprint density at radius 3 is 2.28 bits per heavy atom. The van der Waals surface area contributed by atoms with Crippen LogP contribution in [0, 0.1) is 23.7 Å². The normalized spacial score (nSPS) is 28.5. The van der Waals surface area contributed by atoms with Crippen molar-refractivity contribution < 1.29 is 34.2 Å². The van der Waals surface area contributed by atoms with Gasteiger partial charge in [-0.1, -0.05) is 18.2 Å². The molecule has 6 atom stereocenters. The van der Waals surface area contributed by atoms with Gasteiger partial charge in [-0.25, -0.2) is 0 Å². The third-order valence-electron chi connectivity index (χ3n) is 9.26. The lowest BCUT2D eigenvalue weighted by Crippen LogP contribution is -2.74. The van der Waals surface area contributed by atoms with Crippen LogP contribution in [0.25, 0.3) is 11.1 Å². The Morgan fingerprint density at radius 2 is 1.70 bits per heavy atom. The zero-order chi connectivity index (χ0) is 31.7. The van der Waals surface area contributed by atoms with Crippen molar-refractivity contribution in [1.29, 1.82) is 0 Å². The van der Waals surface area contributed by atoms with Crippen molar-refractivity contribution in [3.05, 3.63) is 47.0 Å². The lowest BCUT2D eigenvalue weighted by Gasteiger charge is -2.52. The predicted octanol–water partition coefficient (Wildman–Crippen LogP) is 0.662. The summed E-state index contributed by atoms with van der Waals surface area (Å²) >= 11 is 0. The summed E-state index contributed by atoms with van der Waals surface area (Å²) < 4.78 is 0. The molecular weight excluding hydrogens is 552 g/mol. The molecule has 0 spiro atoms. The molecule has 3 aliphatic rings. The van der Waals surface area contributed by atoms with E-state index in [2.05, 4.69) is 0 Å². The van der Waals surface area contributed by atoms with Crippen LogP contribution in [0.15, 0.2) is 30.3 Å². The number of Topliss-reactive ketones (excluding diaryl/α,β-unsaturated/α-hetero) is 4. The lowest BCUT2D eigenvalue weighted by molar-refractivity contribution is -0.181. The van der Waals surface area contributed by atoms with E-state index in [1.54, 1.807) is 14.1 Å². The van der Waals surface area contributed by atoms with Crippen LogP contribution >= 0.6 is 0 Å². The maximum absolute atomic E-state index is 14.3. The van der Waals surface area contributed by atoms with E-state index >= 15 is 0 Å². The van der Waals surface area contributed by atoms with Crippen LogP contribution in [-0.2, 0) is 32.1 Å². The number of primary amides is 1. The number of nitrogens with zero attached hydrogens (tertiary/aromatic N) is 3. The Kier molecular flexibility index (Phi) is 7.56. The first kappa shape index (κ1) is 30.5. The van der Waals surface area contributed by atoms with E-state index in [0.717, 1.165) is 5.56 Å². The minimum atomic E-state index is -2.75. The van der Waals surface area contributed by atoms with E-state index in [0.29, 0.717) is 28.9 Å². The maximum Gasteiger partial charge on any atom is 0.235 e. The van der Waals surface area contributed by atoms with Crippen molar-refractivity contribution in [3.63, 3.8) is 0 Å². The second-order valence-corrected chi connectivity index (χ2v) is 12.8. The average molecular weight is 591 g/mol. The summed E-state index contributed by atoms with van der Waals surface area (Å²) in [6.07, 6.45) is 0.208. The van der Waals surface area contributed by atoms with Gasteiger partial charge in [0, 0.05) is 37.8 Å². The van der Waals surface area contributed by atoms with E-state index in [-0.39, 0.29) is 24.2 Å².